The van der Waals surface area contributed by atoms with Gasteiger partial charge < -0.3 is 10.1 Å². The highest BCUT2D eigenvalue weighted by Gasteiger charge is 2.12. The van der Waals surface area contributed by atoms with Gasteiger partial charge in [-0.1, -0.05) is 37.3 Å². The molecule has 0 aliphatic heterocycles. The number of amides is 1. The second-order valence-electron chi connectivity index (χ2n) is 6.44. The lowest BCUT2D eigenvalue weighted by Crippen LogP contribution is -2.28. The quantitative estimate of drug-likeness (QED) is 0.689. The van der Waals surface area contributed by atoms with Crippen LogP contribution in [0.5, 0.6) is 5.75 Å². The molecule has 0 aliphatic carbocycles. The van der Waals surface area contributed by atoms with Crippen molar-refractivity contribution in [3.05, 3.63) is 83.4 Å². The summed E-state index contributed by atoms with van der Waals surface area (Å²) in [7, 11) is 0. The van der Waals surface area contributed by atoms with Gasteiger partial charge in [0.2, 0.25) is 0 Å². The highest BCUT2D eigenvalue weighted by atomic mass is 19.1. The molecule has 1 unspecified atom stereocenters. The van der Waals surface area contributed by atoms with Crippen LogP contribution in [0.4, 0.5) is 4.39 Å². The Kier molecular flexibility index (Phi) is 5.86. The van der Waals surface area contributed by atoms with Crippen molar-refractivity contribution in [3.8, 4) is 5.75 Å². The van der Waals surface area contributed by atoms with Crippen LogP contribution in [0.25, 0.3) is 0 Å². The molecule has 0 aliphatic rings. The van der Waals surface area contributed by atoms with Crippen molar-refractivity contribution in [2.24, 2.45) is 0 Å². The molecule has 0 saturated heterocycles. The molecule has 3 aromatic rings. The van der Waals surface area contributed by atoms with Crippen molar-refractivity contribution in [1.82, 2.24) is 15.1 Å². The number of hydrogen-bond donors (Lipinski definition) is 1. The lowest BCUT2D eigenvalue weighted by Gasteiger charge is -2.12. The van der Waals surface area contributed by atoms with Gasteiger partial charge in [-0.15, -0.1) is 0 Å². The molecule has 2 aromatic carbocycles. The Morgan fingerprint density at radius 3 is 2.67 bits per heavy atom. The van der Waals surface area contributed by atoms with Gasteiger partial charge in [-0.3, -0.25) is 4.79 Å². The number of carbonyl (C=O) groups excluding carboxylic acids is 1. The Bertz CT molecular complexity index is 906. The first kappa shape index (κ1) is 18.6. The molecule has 1 atom stereocenters. The Hall–Kier alpha value is -3.15. The van der Waals surface area contributed by atoms with E-state index in [1.165, 1.54) is 12.1 Å². The fourth-order valence-corrected chi connectivity index (χ4v) is 2.65. The summed E-state index contributed by atoms with van der Waals surface area (Å²) in [6.07, 6.45) is 1.70. The summed E-state index contributed by atoms with van der Waals surface area (Å²) in [5.41, 5.74) is 2.33. The SMILES string of the molecule is Cc1ccccc1OCn1ccc(C(=O)NCC(C)c2ccc(F)cc2)n1. The molecule has 0 radical (unpaired) electrons. The minimum Gasteiger partial charge on any atom is -0.471 e. The van der Waals surface area contributed by atoms with Crippen molar-refractivity contribution >= 4 is 5.91 Å². The lowest BCUT2D eigenvalue weighted by molar-refractivity contribution is 0.0944. The predicted molar refractivity (Wildman–Crippen MR) is 101 cm³/mol. The number of ether oxygens (including phenoxy) is 1. The Morgan fingerprint density at radius 1 is 1.19 bits per heavy atom. The zero-order valence-corrected chi connectivity index (χ0v) is 15.4. The van der Waals surface area contributed by atoms with Gasteiger partial charge in [0.1, 0.15) is 17.3 Å². The highest BCUT2D eigenvalue weighted by Crippen LogP contribution is 2.17. The van der Waals surface area contributed by atoms with Crippen molar-refractivity contribution in [3.63, 3.8) is 0 Å². The van der Waals surface area contributed by atoms with E-state index < -0.39 is 0 Å². The first-order chi connectivity index (χ1) is 13.0. The first-order valence-corrected chi connectivity index (χ1v) is 8.78. The molecule has 1 aromatic heterocycles. The van der Waals surface area contributed by atoms with Gasteiger partial charge in [0, 0.05) is 12.7 Å². The number of aryl methyl sites for hydroxylation is 1. The summed E-state index contributed by atoms with van der Waals surface area (Å²) in [6, 6.07) is 15.7. The van der Waals surface area contributed by atoms with Crippen LogP contribution in [-0.2, 0) is 6.73 Å². The van der Waals surface area contributed by atoms with E-state index in [4.69, 9.17) is 4.74 Å². The smallest absolute Gasteiger partial charge is 0.271 e. The van der Waals surface area contributed by atoms with E-state index >= 15 is 0 Å². The van der Waals surface area contributed by atoms with Gasteiger partial charge >= 0.3 is 0 Å². The van der Waals surface area contributed by atoms with Crippen LogP contribution in [0.3, 0.4) is 0 Å². The number of aromatic nitrogens is 2. The van der Waals surface area contributed by atoms with Crippen LogP contribution < -0.4 is 10.1 Å². The maximum Gasteiger partial charge on any atom is 0.271 e. The predicted octanol–water partition coefficient (Wildman–Crippen LogP) is 3.90. The van der Waals surface area contributed by atoms with Crippen molar-refractivity contribution in [2.75, 3.05) is 6.54 Å². The molecule has 3 rings (SSSR count). The molecule has 1 amide bonds. The molecular formula is C21H22FN3O2. The topological polar surface area (TPSA) is 56.1 Å². The number of benzene rings is 2. The van der Waals surface area contributed by atoms with Crippen LogP contribution in [0.2, 0.25) is 0 Å². The zero-order valence-electron chi connectivity index (χ0n) is 15.4. The van der Waals surface area contributed by atoms with E-state index in [2.05, 4.69) is 10.4 Å². The molecule has 0 fully saturated rings. The van der Waals surface area contributed by atoms with E-state index in [-0.39, 0.29) is 24.4 Å². The summed E-state index contributed by atoms with van der Waals surface area (Å²) in [6.45, 7) is 4.61. The zero-order chi connectivity index (χ0) is 19.2. The highest BCUT2D eigenvalue weighted by molar-refractivity contribution is 5.92. The molecule has 27 heavy (non-hydrogen) atoms. The summed E-state index contributed by atoms with van der Waals surface area (Å²) < 4.78 is 20.3. The molecule has 0 saturated carbocycles. The minimum atomic E-state index is -0.270. The fourth-order valence-electron chi connectivity index (χ4n) is 2.65. The minimum absolute atomic E-state index is 0.0704. The van der Waals surface area contributed by atoms with Crippen LogP contribution >= 0.6 is 0 Å². The van der Waals surface area contributed by atoms with Crippen LogP contribution in [0, 0.1) is 12.7 Å². The Labute approximate surface area is 157 Å². The number of hydrogen-bond acceptors (Lipinski definition) is 3. The molecule has 1 heterocycles. The average molecular weight is 367 g/mol. The number of nitrogens with zero attached hydrogens (tertiary/aromatic N) is 2. The summed E-state index contributed by atoms with van der Waals surface area (Å²) in [4.78, 5) is 12.3. The van der Waals surface area contributed by atoms with Crippen LogP contribution in [-0.4, -0.2) is 22.2 Å². The number of halogens is 1. The number of nitrogens with one attached hydrogen (secondary N) is 1. The van der Waals surface area contributed by atoms with Crippen molar-refractivity contribution < 1.29 is 13.9 Å². The molecule has 5 nitrogen and oxygen atoms in total. The van der Waals surface area contributed by atoms with Gasteiger partial charge in [0.05, 0.1) is 0 Å². The van der Waals surface area contributed by atoms with Crippen molar-refractivity contribution in [2.45, 2.75) is 26.5 Å². The second-order valence-corrected chi connectivity index (χ2v) is 6.44. The molecule has 140 valence electrons. The third kappa shape index (κ3) is 4.94. The van der Waals surface area contributed by atoms with Gasteiger partial charge in [-0.25, -0.2) is 9.07 Å². The van der Waals surface area contributed by atoms with E-state index in [0.717, 1.165) is 16.9 Å². The maximum absolute atomic E-state index is 13.0. The number of carbonyl (C=O) groups is 1. The monoisotopic (exact) mass is 367 g/mol. The maximum atomic E-state index is 13.0. The van der Waals surface area contributed by atoms with Crippen LogP contribution in [0.1, 0.15) is 34.5 Å². The van der Waals surface area contributed by atoms with Gasteiger partial charge in [0.15, 0.2) is 6.73 Å². The number of para-hydroxylation sites is 1. The fraction of sp³-hybridized carbons (Fsp3) is 0.238. The van der Waals surface area contributed by atoms with Crippen LogP contribution in [0.15, 0.2) is 60.8 Å². The molecule has 0 spiro atoms. The van der Waals surface area contributed by atoms with E-state index in [1.807, 2.05) is 38.1 Å². The van der Waals surface area contributed by atoms with Gasteiger partial charge in [0.25, 0.3) is 5.91 Å². The lowest BCUT2D eigenvalue weighted by atomic mass is 10.0. The molecule has 0 bridgehead atoms. The summed E-state index contributed by atoms with van der Waals surface area (Å²) in [5, 5.41) is 7.11. The van der Waals surface area contributed by atoms with E-state index in [0.29, 0.717) is 12.2 Å². The van der Waals surface area contributed by atoms with Crippen molar-refractivity contribution in [1.29, 1.82) is 0 Å². The Morgan fingerprint density at radius 2 is 1.93 bits per heavy atom. The number of rotatable bonds is 7. The summed E-state index contributed by atoms with van der Waals surface area (Å²) >= 11 is 0. The van der Waals surface area contributed by atoms with Gasteiger partial charge in [-0.2, -0.15) is 5.10 Å². The molecule has 1 N–H and O–H groups in total. The average Bonchev–Trinajstić information content (AvgIpc) is 3.15. The largest absolute Gasteiger partial charge is 0.471 e. The van der Waals surface area contributed by atoms with E-state index in [1.54, 1.807) is 29.1 Å². The standard InChI is InChI=1S/C21H22FN3O2/c1-15-5-3-4-6-20(15)27-14-25-12-11-19(24-25)21(26)23-13-16(2)17-7-9-18(22)10-8-17/h3-12,16H,13-14H2,1-2H3,(H,23,26). The first-order valence-electron chi connectivity index (χ1n) is 8.78. The molecular weight excluding hydrogens is 345 g/mol. The second kappa shape index (κ2) is 8.49. The summed E-state index contributed by atoms with van der Waals surface area (Å²) in [5.74, 6) is 0.334. The Balaban J connectivity index is 1.52. The molecule has 6 heteroatoms. The van der Waals surface area contributed by atoms with E-state index in [9.17, 15) is 9.18 Å². The third-order valence-corrected chi connectivity index (χ3v) is 4.33. The van der Waals surface area contributed by atoms with Gasteiger partial charge in [-0.05, 0) is 48.2 Å². The third-order valence-electron chi connectivity index (χ3n) is 4.33. The normalized spacial score (nSPS) is 11.8.